The Kier molecular flexibility index (Phi) is 3.83. The van der Waals surface area contributed by atoms with Gasteiger partial charge in [-0.2, -0.15) is 5.10 Å². The molecule has 7 nitrogen and oxygen atoms in total. The number of amides is 1. The molecule has 0 radical (unpaired) electrons. The maximum atomic E-state index is 11.5. The molecule has 3 aromatic rings. The highest BCUT2D eigenvalue weighted by Gasteiger charge is 2.25. The van der Waals surface area contributed by atoms with E-state index in [9.17, 15) is 4.79 Å². The second-order valence-corrected chi connectivity index (χ2v) is 6.47. The van der Waals surface area contributed by atoms with Gasteiger partial charge in [0.2, 0.25) is 5.91 Å². The number of nitrogens with one attached hydrogen (secondary N) is 2. The van der Waals surface area contributed by atoms with E-state index in [-0.39, 0.29) is 11.9 Å². The van der Waals surface area contributed by atoms with E-state index in [1.165, 1.54) is 0 Å². The third-order valence-corrected chi connectivity index (χ3v) is 4.60. The van der Waals surface area contributed by atoms with Gasteiger partial charge in [0.15, 0.2) is 5.82 Å². The fraction of sp³-hybridized carbons (Fsp3) is 0.333. The average molecular weight is 336 g/mol. The summed E-state index contributed by atoms with van der Waals surface area (Å²) < 4.78 is 1.89. The monoisotopic (exact) mass is 336 g/mol. The van der Waals surface area contributed by atoms with Crippen LogP contribution in [0.15, 0.2) is 30.5 Å². The van der Waals surface area contributed by atoms with E-state index in [1.807, 2.05) is 29.8 Å². The van der Waals surface area contributed by atoms with Gasteiger partial charge in [-0.3, -0.25) is 9.89 Å². The summed E-state index contributed by atoms with van der Waals surface area (Å²) in [5, 5.41) is 14.7. The van der Waals surface area contributed by atoms with Gasteiger partial charge < -0.3 is 5.32 Å². The number of H-pyrrole nitrogens is 1. The Labute approximate surface area is 145 Å². The number of carbonyl (C=O) groups is 1. The molecule has 128 valence electrons. The number of aromatic amines is 1. The molecule has 0 spiro atoms. The highest BCUT2D eigenvalue weighted by atomic mass is 16.1. The maximum Gasteiger partial charge on any atom is 0.220 e. The van der Waals surface area contributed by atoms with Crippen molar-refractivity contribution in [2.75, 3.05) is 0 Å². The molecular formula is C18H20N6O. The van der Waals surface area contributed by atoms with E-state index >= 15 is 0 Å². The Morgan fingerprint density at radius 3 is 2.80 bits per heavy atom. The molecule has 1 aromatic carbocycles. The van der Waals surface area contributed by atoms with Crippen LogP contribution in [0.2, 0.25) is 0 Å². The number of benzene rings is 1. The number of carbonyl (C=O) groups excluding carboxylic acids is 1. The van der Waals surface area contributed by atoms with Crippen molar-refractivity contribution in [1.82, 2.24) is 30.3 Å². The summed E-state index contributed by atoms with van der Waals surface area (Å²) in [4.78, 5) is 16.3. The number of nitrogens with zero attached hydrogens (tertiary/aromatic N) is 4. The first-order chi connectivity index (χ1) is 12.1. The SMILES string of the molecule is Cc1ccccc1-n1nc(-c2cn[nH]c2C)nc1C[C@H]1CCC(=O)N1. The van der Waals surface area contributed by atoms with Gasteiger partial charge in [0, 0.05) is 24.6 Å². The minimum Gasteiger partial charge on any atom is -0.353 e. The van der Waals surface area contributed by atoms with Gasteiger partial charge in [0.1, 0.15) is 5.82 Å². The van der Waals surface area contributed by atoms with Crippen molar-refractivity contribution in [3.05, 3.63) is 47.5 Å². The van der Waals surface area contributed by atoms with Gasteiger partial charge in [-0.1, -0.05) is 18.2 Å². The first kappa shape index (κ1) is 15.6. The van der Waals surface area contributed by atoms with Crippen molar-refractivity contribution in [1.29, 1.82) is 0 Å². The second kappa shape index (κ2) is 6.16. The number of aryl methyl sites for hydroxylation is 2. The van der Waals surface area contributed by atoms with E-state index in [1.54, 1.807) is 6.20 Å². The molecule has 7 heteroatoms. The van der Waals surface area contributed by atoms with E-state index in [2.05, 4.69) is 28.5 Å². The van der Waals surface area contributed by atoms with E-state index < -0.39 is 0 Å². The summed E-state index contributed by atoms with van der Waals surface area (Å²) >= 11 is 0. The Bertz CT molecular complexity index is 925. The standard InChI is InChI=1S/C18H20N6O/c1-11-5-3-4-6-15(11)24-16(9-13-7-8-17(25)20-13)21-18(23-24)14-10-19-22-12(14)2/h3-6,10,13H,7-9H2,1-2H3,(H,19,22)(H,20,25)/t13-/m1/s1. The molecule has 1 aliphatic rings. The zero-order chi connectivity index (χ0) is 17.4. The van der Waals surface area contributed by atoms with Gasteiger partial charge in [-0.15, -0.1) is 5.10 Å². The van der Waals surface area contributed by atoms with E-state index in [4.69, 9.17) is 10.1 Å². The van der Waals surface area contributed by atoms with Crippen molar-refractivity contribution in [2.45, 2.75) is 39.2 Å². The molecule has 25 heavy (non-hydrogen) atoms. The molecule has 3 heterocycles. The molecule has 2 N–H and O–H groups in total. The lowest BCUT2D eigenvalue weighted by Crippen LogP contribution is -2.28. The van der Waals surface area contributed by atoms with Crippen molar-refractivity contribution in [3.63, 3.8) is 0 Å². The minimum absolute atomic E-state index is 0.109. The lowest BCUT2D eigenvalue weighted by atomic mass is 10.1. The molecule has 1 amide bonds. The van der Waals surface area contributed by atoms with Crippen LogP contribution in [0.3, 0.4) is 0 Å². The zero-order valence-electron chi connectivity index (χ0n) is 14.3. The fourth-order valence-electron chi connectivity index (χ4n) is 3.21. The summed E-state index contributed by atoms with van der Waals surface area (Å²) in [6.07, 6.45) is 3.81. The Morgan fingerprint density at radius 2 is 2.12 bits per heavy atom. The summed E-state index contributed by atoms with van der Waals surface area (Å²) in [5.74, 6) is 1.60. The minimum atomic E-state index is 0.109. The molecule has 1 atom stereocenters. The molecule has 1 fully saturated rings. The molecule has 0 aliphatic carbocycles. The van der Waals surface area contributed by atoms with Gasteiger partial charge >= 0.3 is 0 Å². The zero-order valence-corrected chi connectivity index (χ0v) is 14.3. The predicted molar refractivity (Wildman–Crippen MR) is 93.3 cm³/mol. The quantitative estimate of drug-likeness (QED) is 0.763. The van der Waals surface area contributed by atoms with E-state index in [0.29, 0.717) is 18.7 Å². The number of para-hydroxylation sites is 1. The van der Waals surface area contributed by atoms with Crippen LogP contribution < -0.4 is 5.32 Å². The highest BCUT2D eigenvalue weighted by Crippen LogP contribution is 2.23. The van der Waals surface area contributed by atoms with Crippen LogP contribution >= 0.6 is 0 Å². The molecular weight excluding hydrogens is 316 g/mol. The number of hydrogen-bond acceptors (Lipinski definition) is 4. The van der Waals surface area contributed by atoms with Crippen LogP contribution in [0.25, 0.3) is 17.1 Å². The van der Waals surface area contributed by atoms with Crippen LogP contribution in [-0.2, 0) is 11.2 Å². The predicted octanol–water partition coefficient (Wildman–Crippen LogP) is 2.10. The lowest BCUT2D eigenvalue weighted by molar-refractivity contribution is -0.119. The van der Waals surface area contributed by atoms with Crippen LogP contribution in [0.5, 0.6) is 0 Å². The summed E-state index contributed by atoms with van der Waals surface area (Å²) in [6, 6.07) is 8.20. The Morgan fingerprint density at radius 1 is 1.28 bits per heavy atom. The summed E-state index contributed by atoms with van der Waals surface area (Å²) in [6.45, 7) is 4.01. The van der Waals surface area contributed by atoms with Crippen molar-refractivity contribution >= 4 is 5.91 Å². The van der Waals surface area contributed by atoms with Gasteiger partial charge in [-0.05, 0) is 31.9 Å². The highest BCUT2D eigenvalue weighted by molar-refractivity contribution is 5.78. The molecule has 1 aliphatic heterocycles. The first-order valence-corrected chi connectivity index (χ1v) is 8.43. The normalized spacial score (nSPS) is 17.0. The van der Waals surface area contributed by atoms with Crippen LogP contribution in [0.4, 0.5) is 0 Å². The molecule has 2 aromatic heterocycles. The van der Waals surface area contributed by atoms with Gasteiger partial charge in [0.25, 0.3) is 0 Å². The smallest absolute Gasteiger partial charge is 0.220 e. The Balaban J connectivity index is 1.77. The summed E-state index contributed by atoms with van der Waals surface area (Å²) in [7, 11) is 0. The number of aromatic nitrogens is 5. The number of rotatable bonds is 4. The largest absolute Gasteiger partial charge is 0.353 e. The van der Waals surface area contributed by atoms with Crippen molar-refractivity contribution in [3.8, 4) is 17.1 Å². The molecule has 1 saturated heterocycles. The van der Waals surface area contributed by atoms with Crippen molar-refractivity contribution in [2.24, 2.45) is 0 Å². The summed E-state index contributed by atoms with van der Waals surface area (Å²) in [5.41, 5.74) is 3.95. The van der Waals surface area contributed by atoms with Gasteiger partial charge in [0.05, 0.1) is 17.4 Å². The molecule has 0 bridgehead atoms. The Hall–Kier alpha value is -2.96. The lowest BCUT2D eigenvalue weighted by Gasteiger charge is -2.12. The van der Waals surface area contributed by atoms with Crippen molar-refractivity contribution < 1.29 is 4.79 Å². The first-order valence-electron chi connectivity index (χ1n) is 8.43. The fourth-order valence-corrected chi connectivity index (χ4v) is 3.21. The van der Waals surface area contributed by atoms with E-state index in [0.717, 1.165) is 34.8 Å². The topological polar surface area (TPSA) is 88.5 Å². The van der Waals surface area contributed by atoms with Crippen LogP contribution in [0.1, 0.15) is 29.9 Å². The molecule has 0 unspecified atom stereocenters. The molecule has 0 saturated carbocycles. The number of hydrogen-bond donors (Lipinski definition) is 2. The third kappa shape index (κ3) is 2.93. The maximum absolute atomic E-state index is 11.5. The third-order valence-electron chi connectivity index (χ3n) is 4.60. The van der Waals surface area contributed by atoms with Crippen LogP contribution in [-0.4, -0.2) is 36.9 Å². The molecule has 4 rings (SSSR count). The van der Waals surface area contributed by atoms with Gasteiger partial charge in [-0.25, -0.2) is 9.67 Å². The average Bonchev–Trinajstić information content (AvgIpc) is 3.29. The second-order valence-electron chi connectivity index (χ2n) is 6.47. The van der Waals surface area contributed by atoms with Crippen LogP contribution in [0, 0.1) is 13.8 Å².